The third-order valence-corrected chi connectivity index (χ3v) is 10.3. The summed E-state index contributed by atoms with van der Waals surface area (Å²) < 4.78 is 8.11. The standard InChI is InChI=1S/C19H32INOSSi/c1-13(10-15(3)20)18(22-24(8,9)19(5,6)7)14(2)11-17-12-23-16(4)21-17/h10-13,18H,1-9H3/b14-11+,15-10-/t13-,18-/m0/s1. The maximum absolute atomic E-state index is 6.80. The fraction of sp³-hybridized carbons (Fsp3) is 0.632. The second-order valence-electron chi connectivity index (χ2n) is 8.09. The quantitative estimate of drug-likeness (QED) is 0.319. The van der Waals surface area contributed by atoms with Crippen LogP contribution in [0.15, 0.2) is 20.6 Å². The Balaban J connectivity index is 3.18. The van der Waals surface area contributed by atoms with Gasteiger partial charge >= 0.3 is 0 Å². The Labute approximate surface area is 167 Å². The summed E-state index contributed by atoms with van der Waals surface area (Å²) in [5, 5.41) is 3.42. The fourth-order valence-electron chi connectivity index (χ4n) is 2.32. The van der Waals surface area contributed by atoms with Gasteiger partial charge in [-0.1, -0.05) is 33.8 Å². The Hall–Kier alpha value is 0.0169. The van der Waals surface area contributed by atoms with Crippen LogP contribution in [-0.4, -0.2) is 19.4 Å². The van der Waals surface area contributed by atoms with Gasteiger partial charge in [-0.15, -0.1) is 11.3 Å². The van der Waals surface area contributed by atoms with Crippen LogP contribution in [0.3, 0.4) is 0 Å². The number of allylic oxidation sites excluding steroid dienone is 1. The molecule has 24 heavy (non-hydrogen) atoms. The summed E-state index contributed by atoms with van der Waals surface area (Å²) in [6, 6.07) is 0. The first-order valence-corrected chi connectivity index (χ1v) is 13.3. The monoisotopic (exact) mass is 477 g/mol. The molecule has 0 N–H and O–H groups in total. The summed E-state index contributed by atoms with van der Waals surface area (Å²) in [4.78, 5) is 4.58. The van der Waals surface area contributed by atoms with E-state index in [4.69, 9.17) is 4.43 Å². The van der Waals surface area contributed by atoms with Crippen molar-refractivity contribution < 1.29 is 4.43 Å². The summed E-state index contributed by atoms with van der Waals surface area (Å²) in [7, 11) is -1.85. The Kier molecular flexibility index (Phi) is 7.91. The highest BCUT2D eigenvalue weighted by Crippen LogP contribution is 2.39. The minimum absolute atomic E-state index is 0.0950. The van der Waals surface area contributed by atoms with E-state index >= 15 is 0 Å². The first kappa shape index (κ1) is 22.1. The molecular weight excluding hydrogens is 445 g/mol. The highest BCUT2D eigenvalue weighted by molar-refractivity contribution is 14.1. The van der Waals surface area contributed by atoms with Crippen molar-refractivity contribution in [1.29, 1.82) is 0 Å². The molecule has 0 unspecified atom stereocenters. The van der Waals surface area contributed by atoms with Crippen molar-refractivity contribution in [1.82, 2.24) is 4.98 Å². The zero-order chi connectivity index (χ0) is 18.7. The zero-order valence-corrected chi connectivity index (χ0v) is 20.5. The average Bonchev–Trinajstić information content (AvgIpc) is 2.79. The van der Waals surface area contributed by atoms with Crippen molar-refractivity contribution in [3.63, 3.8) is 0 Å². The Morgan fingerprint density at radius 2 is 1.92 bits per heavy atom. The van der Waals surface area contributed by atoms with Gasteiger partial charge in [-0.3, -0.25) is 0 Å². The molecule has 0 aromatic carbocycles. The highest BCUT2D eigenvalue weighted by atomic mass is 127. The number of thiazole rings is 1. The van der Waals surface area contributed by atoms with Crippen molar-refractivity contribution in [3.8, 4) is 0 Å². The average molecular weight is 478 g/mol. The van der Waals surface area contributed by atoms with E-state index in [-0.39, 0.29) is 11.1 Å². The maximum atomic E-state index is 6.80. The molecule has 0 spiro atoms. The van der Waals surface area contributed by atoms with Crippen LogP contribution in [0.25, 0.3) is 6.08 Å². The van der Waals surface area contributed by atoms with E-state index < -0.39 is 8.32 Å². The van der Waals surface area contributed by atoms with E-state index in [0.717, 1.165) is 10.7 Å². The summed E-state index contributed by atoms with van der Waals surface area (Å²) in [6.45, 7) is 20.2. The minimum atomic E-state index is -1.85. The third kappa shape index (κ3) is 6.39. The molecule has 0 bridgehead atoms. The molecule has 0 aliphatic heterocycles. The lowest BCUT2D eigenvalue weighted by Gasteiger charge is -2.41. The van der Waals surface area contributed by atoms with E-state index in [9.17, 15) is 0 Å². The lowest BCUT2D eigenvalue weighted by Crippen LogP contribution is -2.45. The van der Waals surface area contributed by atoms with Crippen LogP contribution in [0.5, 0.6) is 0 Å². The molecule has 0 saturated heterocycles. The predicted octanol–water partition coefficient (Wildman–Crippen LogP) is 7.22. The molecule has 2 atom stereocenters. The van der Waals surface area contributed by atoms with Crippen LogP contribution in [0, 0.1) is 12.8 Å². The van der Waals surface area contributed by atoms with Gasteiger partial charge in [-0.2, -0.15) is 0 Å². The molecule has 1 aromatic rings. The summed E-state index contributed by atoms with van der Waals surface area (Å²) in [5.41, 5.74) is 2.30. The van der Waals surface area contributed by atoms with E-state index in [2.05, 4.69) is 99.7 Å². The molecule has 0 aliphatic rings. The summed E-state index contributed by atoms with van der Waals surface area (Å²) >= 11 is 4.08. The smallest absolute Gasteiger partial charge is 0.192 e. The lowest BCUT2D eigenvalue weighted by molar-refractivity contribution is 0.179. The minimum Gasteiger partial charge on any atom is -0.410 e. The van der Waals surface area contributed by atoms with Crippen LogP contribution >= 0.6 is 33.9 Å². The van der Waals surface area contributed by atoms with E-state index in [1.807, 2.05) is 6.92 Å². The third-order valence-electron chi connectivity index (χ3n) is 4.66. The number of rotatable bonds is 6. The second-order valence-corrected chi connectivity index (χ2v) is 15.6. The number of hydrogen-bond donors (Lipinski definition) is 0. The first-order chi connectivity index (χ1) is 10.8. The van der Waals surface area contributed by atoms with Gasteiger partial charge in [-0.05, 0) is 76.7 Å². The van der Waals surface area contributed by atoms with Crippen molar-refractivity contribution in [2.75, 3.05) is 0 Å². The molecule has 0 aliphatic carbocycles. The van der Waals surface area contributed by atoms with E-state index in [0.29, 0.717) is 5.92 Å². The predicted molar refractivity (Wildman–Crippen MR) is 120 cm³/mol. The molecule has 0 amide bonds. The van der Waals surface area contributed by atoms with Gasteiger partial charge < -0.3 is 4.43 Å². The molecule has 0 saturated carbocycles. The van der Waals surface area contributed by atoms with Crippen LogP contribution in [0.4, 0.5) is 0 Å². The number of nitrogens with zero attached hydrogens (tertiary/aromatic N) is 1. The van der Waals surface area contributed by atoms with Gasteiger partial charge in [0.05, 0.1) is 16.8 Å². The van der Waals surface area contributed by atoms with Crippen LogP contribution < -0.4 is 0 Å². The maximum Gasteiger partial charge on any atom is 0.192 e. The van der Waals surface area contributed by atoms with Gasteiger partial charge in [0.2, 0.25) is 0 Å². The fourth-order valence-corrected chi connectivity index (χ4v) is 4.85. The normalized spacial score (nSPS) is 17.1. The molecule has 0 fully saturated rings. The van der Waals surface area contributed by atoms with Crippen LogP contribution in [0.2, 0.25) is 18.1 Å². The van der Waals surface area contributed by atoms with Crippen molar-refractivity contribution >= 4 is 48.3 Å². The number of halogens is 1. The zero-order valence-electron chi connectivity index (χ0n) is 16.5. The SMILES string of the molecule is C/C(I)=C/[C@H](C)[C@H](O[Si](C)(C)C(C)(C)C)/C(C)=C/c1csc(C)n1. The topological polar surface area (TPSA) is 22.1 Å². The summed E-state index contributed by atoms with van der Waals surface area (Å²) in [5.74, 6) is 0.340. The Bertz CT molecular complexity index is 609. The van der Waals surface area contributed by atoms with Crippen molar-refractivity contribution in [2.24, 2.45) is 5.92 Å². The van der Waals surface area contributed by atoms with Gasteiger partial charge in [0.15, 0.2) is 8.32 Å². The Morgan fingerprint density at radius 1 is 1.33 bits per heavy atom. The largest absolute Gasteiger partial charge is 0.410 e. The molecule has 5 heteroatoms. The van der Waals surface area contributed by atoms with Gasteiger partial charge in [-0.25, -0.2) is 4.98 Å². The molecule has 1 heterocycles. The highest BCUT2D eigenvalue weighted by Gasteiger charge is 2.40. The van der Waals surface area contributed by atoms with Crippen LogP contribution in [-0.2, 0) is 4.43 Å². The number of hydrogen-bond acceptors (Lipinski definition) is 3. The molecule has 2 nitrogen and oxygen atoms in total. The Morgan fingerprint density at radius 3 is 2.33 bits per heavy atom. The second kappa shape index (κ2) is 8.60. The number of aryl methyl sites for hydroxylation is 1. The van der Waals surface area contributed by atoms with Gasteiger partial charge in [0.1, 0.15) is 0 Å². The molecule has 1 aromatic heterocycles. The first-order valence-electron chi connectivity index (χ1n) is 8.45. The van der Waals surface area contributed by atoms with E-state index in [1.54, 1.807) is 11.3 Å². The molecule has 136 valence electrons. The molecule has 0 radical (unpaired) electrons. The van der Waals surface area contributed by atoms with Crippen LogP contribution in [0.1, 0.15) is 52.2 Å². The molecule has 1 rings (SSSR count). The lowest BCUT2D eigenvalue weighted by atomic mass is 9.97. The van der Waals surface area contributed by atoms with Gasteiger partial charge in [0, 0.05) is 11.3 Å². The molecular formula is C19H32INOSSi. The van der Waals surface area contributed by atoms with E-state index in [1.165, 1.54) is 9.15 Å². The van der Waals surface area contributed by atoms with Crippen molar-refractivity contribution in [2.45, 2.75) is 72.7 Å². The van der Waals surface area contributed by atoms with Gasteiger partial charge in [0.25, 0.3) is 0 Å². The summed E-state index contributed by atoms with van der Waals surface area (Å²) in [6.07, 6.45) is 4.59. The number of aromatic nitrogens is 1. The van der Waals surface area contributed by atoms with Crippen molar-refractivity contribution in [3.05, 3.63) is 31.3 Å².